The average molecular weight is 349 g/mol. The van der Waals surface area contributed by atoms with Gasteiger partial charge in [0.2, 0.25) is 0 Å². The van der Waals surface area contributed by atoms with Crippen LogP contribution in [0.5, 0.6) is 5.75 Å². The number of carbonyl (C=O) groups is 1. The van der Waals surface area contributed by atoms with Crippen LogP contribution in [0.1, 0.15) is 30.3 Å². The number of ether oxygens (including phenoxy) is 1. The summed E-state index contributed by atoms with van der Waals surface area (Å²) in [5, 5.41) is 4.50. The molecule has 1 aromatic heterocycles. The van der Waals surface area contributed by atoms with Gasteiger partial charge in [0, 0.05) is 24.8 Å². The molecule has 7 heteroatoms. The van der Waals surface area contributed by atoms with Crippen LogP contribution in [0.3, 0.4) is 0 Å². The predicted molar refractivity (Wildman–Crippen MR) is 88.4 cm³/mol. The molecule has 0 N–H and O–H groups in total. The van der Waals surface area contributed by atoms with Crippen molar-refractivity contribution in [3.8, 4) is 5.75 Å². The van der Waals surface area contributed by atoms with Gasteiger partial charge in [-0.3, -0.25) is 9.48 Å². The van der Waals surface area contributed by atoms with E-state index in [2.05, 4.69) is 5.10 Å². The topological polar surface area (TPSA) is 47.4 Å². The van der Waals surface area contributed by atoms with Crippen LogP contribution in [0, 0.1) is 25.5 Å². The largest absolute Gasteiger partial charge is 0.481 e. The Labute approximate surface area is 145 Å². The molecule has 2 aromatic rings. The molecule has 1 unspecified atom stereocenters. The van der Waals surface area contributed by atoms with E-state index in [9.17, 15) is 13.6 Å². The van der Waals surface area contributed by atoms with Gasteiger partial charge in [0.15, 0.2) is 18.2 Å². The van der Waals surface area contributed by atoms with Gasteiger partial charge in [-0.15, -0.1) is 0 Å². The standard InChI is InChI=1S/C18H21F2N3O2/c1-12-8-13(2)23(21-12)15-4-3-7-22(10-15)18(24)11-25-17-9-14(19)5-6-16(17)20/h5-6,8-9,15H,3-4,7,10-11H2,1-2H3. The number of nitrogens with zero attached hydrogens (tertiary/aromatic N) is 3. The van der Waals surface area contributed by atoms with Gasteiger partial charge in [-0.2, -0.15) is 5.10 Å². The van der Waals surface area contributed by atoms with Crippen molar-refractivity contribution in [2.75, 3.05) is 19.7 Å². The number of rotatable bonds is 4. The fourth-order valence-corrected chi connectivity index (χ4v) is 3.22. The predicted octanol–water partition coefficient (Wildman–Crippen LogP) is 3.02. The minimum absolute atomic E-state index is 0.123. The van der Waals surface area contributed by atoms with Gasteiger partial charge in [0.25, 0.3) is 5.91 Å². The maximum absolute atomic E-state index is 13.6. The number of halogens is 2. The second-order valence-corrected chi connectivity index (χ2v) is 6.37. The zero-order chi connectivity index (χ0) is 18.0. The van der Waals surface area contributed by atoms with E-state index in [1.807, 2.05) is 24.6 Å². The number of aryl methyl sites for hydroxylation is 2. The molecule has 25 heavy (non-hydrogen) atoms. The van der Waals surface area contributed by atoms with Crippen LogP contribution in [0.25, 0.3) is 0 Å². The first-order valence-electron chi connectivity index (χ1n) is 8.32. The van der Waals surface area contributed by atoms with Crippen molar-refractivity contribution < 1.29 is 18.3 Å². The quantitative estimate of drug-likeness (QED) is 0.852. The summed E-state index contributed by atoms with van der Waals surface area (Å²) in [5.41, 5.74) is 2.01. The van der Waals surface area contributed by atoms with Crippen molar-refractivity contribution in [2.45, 2.75) is 32.7 Å². The molecular weight excluding hydrogens is 328 g/mol. The summed E-state index contributed by atoms with van der Waals surface area (Å²) >= 11 is 0. The molecule has 3 rings (SSSR count). The molecule has 0 bridgehead atoms. The van der Waals surface area contributed by atoms with E-state index in [-0.39, 0.29) is 24.3 Å². The molecule has 1 amide bonds. The number of likely N-dealkylation sites (tertiary alicyclic amines) is 1. The van der Waals surface area contributed by atoms with Crippen LogP contribution in [0.15, 0.2) is 24.3 Å². The molecule has 0 aliphatic carbocycles. The van der Waals surface area contributed by atoms with E-state index in [0.29, 0.717) is 13.1 Å². The van der Waals surface area contributed by atoms with Gasteiger partial charge in [-0.1, -0.05) is 0 Å². The molecule has 0 saturated carbocycles. The van der Waals surface area contributed by atoms with Crippen molar-refractivity contribution in [2.24, 2.45) is 0 Å². The van der Waals surface area contributed by atoms with Crippen LogP contribution in [-0.4, -0.2) is 40.3 Å². The Morgan fingerprint density at radius 2 is 2.12 bits per heavy atom. The van der Waals surface area contributed by atoms with Gasteiger partial charge < -0.3 is 9.64 Å². The summed E-state index contributed by atoms with van der Waals surface area (Å²) in [4.78, 5) is 14.1. The first-order chi connectivity index (χ1) is 11.9. The smallest absolute Gasteiger partial charge is 0.260 e. The van der Waals surface area contributed by atoms with E-state index >= 15 is 0 Å². The molecule has 1 aliphatic heterocycles. The molecule has 1 saturated heterocycles. The minimum atomic E-state index is -0.687. The lowest BCUT2D eigenvalue weighted by Gasteiger charge is -2.33. The van der Waals surface area contributed by atoms with E-state index in [1.54, 1.807) is 4.90 Å². The van der Waals surface area contributed by atoms with Gasteiger partial charge in [-0.05, 0) is 44.9 Å². The van der Waals surface area contributed by atoms with Gasteiger partial charge in [-0.25, -0.2) is 8.78 Å². The lowest BCUT2D eigenvalue weighted by Crippen LogP contribution is -2.43. The van der Waals surface area contributed by atoms with E-state index < -0.39 is 11.6 Å². The molecule has 1 fully saturated rings. The van der Waals surface area contributed by atoms with Crippen LogP contribution < -0.4 is 4.74 Å². The van der Waals surface area contributed by atoms with Gasteiger partial charge in [0.1, 0.15) is 5.82 Å². The highest BCUT2D eigenvalue weighted by Crippen LogP contribution is 2.23. The number of amides is 1. The normalized spacial score (nSPS) is 17.6. The highest BCUT2D eigenvalue weighted by molar-refractivity contribution is 5.77. The van der Waals surface area contributed by atoms with Crippen molar-refractivity contribution >= 4 is 5.91 Å². The highest BCUT2D eigenvalue weighted by atomic mass is 19.1. The number of benzene rings is 1. The zero-order valence-electron chi connectivity index (χ0n) is 14.3. The average Bonchev–Trinajstić information content (AvgIpc) is 2.94. The number of piperidine rings is 1. The Morgan fingerprint density at radius 1 is 1.32 bits per heavy atom. The van der Waals surface area contributed by atoms with Crippen LogP contribution >= 0.6 is 0 Å². The summed E-state index contributed by atoms with van der Waals surface area (Å²) in [7, 11) is 0. The Kier molecular flexibility index (Phi) is 5.01. The number of hydrogen-bond donors (Lipinski definition) is 0. The summed E-state index contributed by atoms with van der Waals surface area (Å²) in [6.07, 6.45) is 1.81. The first kappa shape index (κ1) is 17.4. The molecule has 5 nitrogen and oxygen atoms in total. The summed E-state index contributed by atoms with van der Waals surface area (Å²) in [6.45, 7) is 4.79. The number of aromatic nitrogens is 2. The highest BCUT2D eigenvalue weighted by Gasteiger charge is 2.26. The van der Waals surface area contributed by atoms with Gasteiger partial charge >= 0.3 is 0 Å². The molecule has 0 spiro atoms. The van der Waals surface area contributed by atoms with Crippen molar-refractivity contribution in [1.29, 1.82) is 0 Å². The minimum Gasteiger partial charge on any atom is -0.481 e. The van der Waals surface area contributed by atoms with E-state index in [0.717, 1.165) is 42.4 Å². The molecular formula is C18H21F2N3O2. The van der Waals surface area contributed by atoms with Crippen molar-refractivity contribution in [1.82, 2.24) is 14.7 Å². The second-order valence-electron chi connectivity index (χ2n) is 6.37. The third-order valence-electron chi connectivity index (χ3n) is 4.38. The summed E-state index contributed by atoms with van der Waals surface area (Å²) in [5.74, 6) is -1.78. The Bertz CT molecular complexity index is 776. The fourth-order valence-electron chi connectivity index (χ4n) is 3.22. The second kappa shape index (κ2) is 7.21. The first-order valence-corrected chi connectivity index (χ1v) is 8.32. The SMILES string of the molecule is Cc1cc(C)n(C2CCCN(C(=O)COc3cc(F)ccc3F)C2)n1. The Hall–Kier alpha value is -2.44. The van der Waals surface area contributed by atoms with Crippen LogP contribution in [-0.2, 0) is 4.79 Å². The summed E-state index contributed by atoms with van der Waals surface area (Å²) in [6, 6.07) is 5.06. The molecule has 1 atom stereocenters. The molecule has 2 heterocycles. The Balaban J connectivity index is 1.62. The zero-order valence-corrected chi connectivity index (χ0v) is 14.3. The maximum atomic E-state index is 13.6. The van der Waals surface area contributed by atoms with Gasteiger partial charge in [0.05, 0.1) is 11.7 Å². The molecule has 1 aromatic carbocycles. The summed E-state index contributed by atoms with van der Waals surface area (Å²) < 4.78 is 33.9. The number of hydrogen-bond acceptors (Lipinski definition) is 3. The third kappa shape index (κ3) is 3.97. The van der Waals surface area contributed by atoms with E-state index in [1.165, 1.54) is 0 Å². The van der Waals surface area contributed by atoms with Crippen molar-refractivity contribution in [3.05, 3.63) is 47.3 Å². The van der Waals surface area contributed by atoms with Crippen molar-refractivity contribution in [3.63, 3.8) is 0 Å². The number of carbonyl (C=O) groups excluding carboxylic acids is 1. The molecule has 1 aliphatic rings. The molecule has 0 radical (unpaired) electrons. The maximum Gasteiger partial charge on any atom is 0.260 e. The Morgan fingerprint density at radius 3 is 2.84 bits per heavy atom. The van der Waals surface area contributed by atoms with Crippen LogP contribution in [0.2, 0.25) is 0 Å². The lowest BCUT2D eigenvalue weighted by molar-refractivity contribution is -0.135. The molecule has 134 valence electrons. The van der Waals surface area contributed by atoms with E-state index in [4.69, 9.17) is 4.74 Å². The van der Waals surface area contributed by atoms with Crippen LogP contribution in [0.4, 0.5) is 8.78 Å². The monoisotopic (exact) mass is 349 g/mol. The fraction of sp³-hybridized carbons (Fsp3) is 0.444. The third-order valence-corrected chi connectivity index (χ3v) is 4.38. The lowest BCUT2D eigenvalue weighted by atomic mass is 10.1.